The van der Waals surface area contributed by atoms with Crippen molar-refractivity contribution < 1.29 is 14.6 Å². The van der Waals surface area contributed by atoms with Crippen LogP contribution in [0.15, 0.2) is 72.0 Å². The van der Waals surface area contributed by atoms with Crippen molar-refractivity contribution in [2.24, 2.45) is 5.73 Å². The largest absolute Gasteiger partial charge is 0.478 e. The maximum atomic E-state index is 11.7. The van der Waals surface area contributed by atoms with Crippen molar-refractivity contribution in [1.82, 2.24) is 0 Å². The van der Waals surface area contributed by atoms with Crippen LogP contribution in [0.2, 0.25) is 0 Å². The molecule has 1 heterocycles. The van der Waals surface area contributed by atoms with Crippen molar-refractivity contribution in [3.63, 3.8) is 0 Å². The Morgan fingerprint density at radius 3 is 2.72 bits per heavy atom. The first-order valence-electron chi connectivity index (χ1n) is 7.85. The van der Waals surface area contributed by atoms with E-state index in [4.69, 9.17) is 16.2 Å². The first kappa shape index (κ1) is 15.2. The lowest BCUT2D eigenvalue weighted by Gasteiger charge is -2.28. The predicted molar refractivity (Wildman–Crippen MR) is 96.1 cm³/mol. The highest BCUT2D eigenvalue weighted by Gasteiger charge is 2.28. The zero-order valence-electron chi connectivity index (χ0n) is 13.3. The summed E-state index contributed by atoms with van der Waals surface area (Å²) in [5.41, 5.74) is 15.7. The van der Waals surface area contributed by atoms with E-state index in [9.17, 15) is 9.90 Å². The molecule has 5 nitrogen and oxygen atoms in total. The normalized spacial score (nSPS) is 18.1. The van der Waals surface area contributed by atoms with E-state index in [0.717, 1.165) is 16.7 Å². The highest BCUT2D eigenvalue weighted by atomic mass is 16.5. The lowest BCUT2D eigenvalue weighted by atomic mass is 9.85. The van der Waals surface area contributed by atoms with Gasteiger partial charge in [-0.25, -0.2) is 4.79 Å². The third-order valence-corrected chi connectivity index (χ3v) is 4.29. The van der Waals surface area contributed by atoms with Crippen molar-refractivity contribution >= 4 is 17.2 Å². The Balaban J connectivity index is 2.06. The lowest BCUT2D eigenvalue weighted by Crippen LogP contribution is -2.21. The van der Waals surface area contributed by atoms with Gasteiger partial charge in [0, 0.05) is 34.5 Å². The van der Waals surface area contributed by atoms with Crippen molar-refractivity contribution in [1.29, 1.82) is 0 Å². The van der Waals surface area contributed by atoms with Gasteiger partial charge in [0.2, 0.25) is 0 Å². The number of carboxylic acid groups (broad SMARTS) is 1. The van der Waals surface area contributed by atoms with Crippen LogP contribution < -0.4 is 16.2 Å². The van der Waals surface area contributed by atoms with E-state index in [2.05, 4.69) is 0 Å². The fraction of sp³-hybridized carbons (Fsp3) is 0.0500. The molecule has 5 N–H and O–H groups in total. The molecule has 0 amide bonds. The highest BCUT2D eigenvalue weighted by Crippen LogP contribution is 2.44. The number of benzene rings is 2. The van der Waals surface area contributed by atoms with E-state index in [1.165, 1.54) is 0 Å². The molecule has 4 rings (SSSR count). The number of carbonyl (C=O) groups is 1. The molecule has 2 aliphatic rings. The Labute approximate surface area is 144 Å². The van der Waals surface area contributed by atoms with E-state index >= 15 is 0 Å². The summed E-state index contributed by atoms with van der Waals surface area (Å²) in [6.45, 7) is 0. The van der Waals surface area contributed by atoms with Gasteiger partial charge in [-0.15, -0.1) is 0 Å². The van der Waals surface area contributed by atoms with Crippen LogP contribution in [-0.2, 0) is 0 Å². The van der Waals surface area contributed by atoms with Crippen LogP contribution in [0.5, 0.6) is 5.75 Å². The van der Waals surface area contributed by atoms with Gasteiger partial charge in [0.1, 0.15) is 11.5 Å². The van der Waals surface area contributed by atoms with Gasteiger partial charge >= 0.3 is 5.97 Å². The smallest absolute Gasteiger partial charge is 0.336 e. The molecule has 0 fully saturated rings. The average molecular weight is 332 g/mol. The van der Waals surface area contributed by atoms with Crippen molar-refractivity contribution in [2.75, 3.05) is 5.73 Å². The molecular formula is C20H16N2O3. The van der Waals surface area contributed by atoms with Crippen LogP contribution in [-0.4, -0.2) is 17.1 Å². The number of hydrogen-bond donors (Lipinski definition) is 3. The summed E-state index contributed by atoms with van der Waals surface area (Å²) in [5, 5.41) is 9.60. The minimum Gasteiger partial charge on any atom is -0.478 e. The Morgan fingerprint density at radius 1 is 1.12 bits per heavy atom. The number of hydrogen-bond acceptors (Lipinski definition) is 4. The quantitative estimate of drug-likeness (QED) is 0.734. The fourth-order valence-corrected chi connectivity index (χ4v) is 3.18. The molecule has 0 aromatic heterocycles. The van der Waals surface area contributed by atoms with Crippen molar-refractivity contribution in [3.05, 3.63) is 88.7 Å². The topological polar surface area (TPSA) is 98.6 Å². The first-order valence-corrected chi connectivity index (χ1v) is 7.85. The summed E-state index contributed by atoms with van der Waals surface area (Å²) in [5.74, 6) is 0.227. The second-order valence-corrected chi connectivity index (χ2v) is 5.96. The van der Waals surface area contributed by atoms with E-state index in [-0.39, 0.29) is 11.6 Å². The second kappa shape index (κ2) is 5.65. The summed E-state index contributed by atoms with van der Waals surface area (Å²) in [4.78, 5) is 11.7. The van der Waals surface area contributed by atoms with E-state index in [0.29, 0.717) is 22.8 Å². The molecule has 0 saturated carbocycles. The van der Waals surface area contributed by atoms with Gasteiger partial charge in [0.25, 0.3) is 0 Å². The van der Waals surface area contributed by atoms with E-state index < -0.39 is 5.97 Å². The Morgan fingerprint density at radius 2 is 1.92 bits per heavy atom. The minimum atomic E-state index is -0.978. The zero-order chi connectivity index (χ0) is 17.6. The number of aromatic carboxylic acids is 1. The molecular weight excluding hydrogens is 316 g/mol. The average Bonchev–Trinajstić information content (AvgIpc) is 2.59. The van der Waals surface area contributed by atoms with Crippen LogP contribution in [0.1, 0.15) is 21.5 Å². The SMILES string of the molecule is Nc1ccc2c(c1)OC1=CC(N)C=CC1=C2c1ccccc1C(=O)O. The van der Waals surface area contributed by atoms with Gasteiger partial charge in [0.15, 0.2) is 0 Å². The molecule has 1 unspecified atom stereocenters. The second-order valence-electron chi connectivity index (χ2n) is 5.96. The molecule has 1 aliphatic heterocycles. The summed E-state index contributed by atoms with van der Waals surface area (Å²) in [7, 11) is 0. The number of allylic oxidation sites excluding steroid dienone is 1. The Kier molecular flexibility index (Phi) is 3.44. The number of carboxylic acids is 1. The lowest BCUT2D eigenvalue weighted by molar-refractivity contribution is 0.0696. The minimum absolute atomic E-state index is 0.234. The van der Waals surface area contributed by atoms with Gasteiger partial charge in [-0.1, -0.05) is 30.4 Å². The third kappa shape index (κ3) is 2.51. The first-order chi connectivity index (χ1) is 12.0. The molecule has 1 aliphatic carbocycles. The summed E-state index contributed by atoms with van der Waals surface area (Å²) in [6.07, 6.45) is 5.55. The molecule has 0 bridgehead atoms. The van der Waals surface area contributed by atoms with Crippen molar-refractivity contribution in [2.45, 2.75) is 6.04 Å². The molecule has 2 aromatic carbocycles. The summed E-state index contributed by atoms with van der Waals surface area (Å²) < 4.78 is 5.98. The maximum Gasteiger partial charge on any atom is 0.336 e. The van der Waals surface area contributed by atoms with Crippen LogP contribution in [0.4, 0.5) is 5.69 Å². The Hall–Kier alpha value is -3.31. The zero-order valence-corrected chi connectivity index (χ0v) is 13.3. The van der Waals surface area contributed by atoms with Crippen molar-refractivity contribution in [3.8, 4) is 5.75 Å². The number of anilines is 1. The molecule has 2 aromatic rings. The number of rotatable bonds is 2. The molecule has 124 valence electrons. The number of ether oxygens (including phenoxy) is 1. The number of nitrogens with two attached hydrogens (primary N) is 2. The third-order valence-electron chi connectivity index (χ3n) is 4.29. The standard InChI is InChI=1S/C20H16N2O3/c21-11-5-7-15-17(9-11)25-18-10-12(22)6-8-16(18)19(15)13-3-1-2-4-14(13)20(23)24/h1-11H,21-22H2,(H,23,24). The van der Waals surface area contributed by atoms with Gasteiger partial charge in [-0.3, -0.25) is 0 Å². The predicted octanol–water partition coefficient (Wildman–Crippen LogP) is 2.94. The monoisotopic (exact) mass is 332 g/mol. The van der Waals surface area contributed by atoms with Crippen LogP contribution in [0.3, 0.4) is 0 Å². The van der Waals surface area contributed by atoms with E-state index in [1.54, 1.807) is 30.3 Å². The highest BCUT2D eigenvalue weighted by molar-refractivity contribution is 6.00. The van der Waals surface area contributed by atoms with Gasteiger partial charge in [0.05, 0.1) is 5.56 Å². The molecule has 0 spiro atoms. The number of fused-ring (bicyclic) bond motifs is 2. The maximum absolute atomic E-state index is 11.7. The molecule has 25 heavy (non-hydrogen) atoms. The molecule has 0 saturated heterocycles. The van der Waals surface area contributed by atoms with Crippen LogP contribution in [0, 0.1) is 0 Å². The summed E-state index contributed by atoms with van der Waals surface area (Å²) in [6, 6.07) is 12.0. The van der Waals surface area contributed by atoms with Gasteiger partial charge in [-0.2, -0.15) is 0 Å². The van der Waals surface area contributed by atoms with Gasteiger partial charge in [-0.05, 0) is 29.8 Å². The number of nitrogen functional groups attached to an aromatic ring is 1. The summed E-state index contributed by atoms with van der Waals surface area (Å²) >= 11 is 0. The van der Waals surface area contributed by atoms with E-state index in [1.807, 2.05) is 30.4 Å². The molecule has 1 atom stereocenters. The van der Waals surface area contributed by atoms with Gasteiger partial charge < -0.3 is 21.3 Å². The fourth-order valence-electron chi connectivity index (χ4n) is 3.18. The van der Waals surface area contributed by atoms with Crippen LogP contribution >= 0.6 is 0 Å². The molecule has 0 radical (unpaired) electrons. The van der Waals surface area contributed by atoms with Crippen LogP contribution in [0.25, 0.3) is 5.57 Å². The Bertz CT molecular complexity index is 986. The molecule has 5 heteroatoms.